The molecule has 25 heavy (non-hydrogen) atoms. The number of rotatable bonds is 2. The van der Waals surface area contributed by atoms with Gasteiger partial charge in [-0.3, -0.25) is 9.59 Å². The van der Waals surface area contributed by atoms with Gasteiger partial charge in [0, 0.05) is 4.88 Å². The van der Waals surface area contributed by atoms with Gasteiger partial charge in [-0.1, -0.05) is 23.7 Å². The first-order valence-corrected chi connectivity index (χ1v) is 9.37. The van der Waals surface area contributed by atoms with Crippen LogP contribution in [0.3, 0.4) is 0 Å². The number of ketones is 2. The molecule has 0 radical (unpaired) electrons. The summed E-state index contributed by atoms with van der Waals surface area (Å²) in [6.45, 7) is 8.85. The second-order valence-electron chi connectivity index (χ2n) is 7.46. The molecule has 1 aliphatic heterocycles. The van der Waals surface area contributed by atoms with Crippen LogP contribution >= 0.6 is 22.9 Å². The zero-order valence-corrected chi connectivity index (χ0v) is 16.5. The fourth-order valence-electron chi connectivity index (χ4n) is 3.41. The Balaban J connectivity index is 2.13. The third-order valence-corrected chi connectivity index (χ3v) is 5.95. The first-order valence-electron chi connectivity index (χ1n) is 8.18. The van der Waals surface area contributed by atoms with Crippen LogP contribution in [0, 0.1) is 6.92 Å². The largest absolute Gasteiger partial charge is 0.354 e. The summed E-state index contributed by atoms with van der Waals surface area (Å²) in [4.78, 5) is 27.0. The van der Waals surface area contributed by atoms with Crippen LogP contribution < -0.4 is 0 Å². The lowest BCUT2D eigenvalue weighted by atomic mass is 9.74. The van der Waals surface area contributed by atoms with Crippen molar-refractivity contribution < 1.29 is 14.3 Å². The summed E-state index contributed by atoms with van der Waals surface area (Å²) in [6, 6.07) is 9.68. The number of ether oxygens (including phenoxy) is 1. The molecule has 0 atom stereocenters. The maximum atomic E-state index is 13.0. The van der Waals surface area contributed by atoms with Gasteiger partial charge in [0.25, 0.3) is 0 Å². The van der Waals surface area contributed by atoms with E-state index in [9.17, 15) is 9.59 Å². The van der Waals surface area contributed by atoms with Crippen LogP contribution in [0.25, 0.3) is 10.4 Å². The molecular weight excluding hydrogens is 356 g/mol. The van der Waals surface area contributed by atoms with E-state index >= 15 is 0 Å². The van der Waals surface area contributed by atoms with Crippen molar-refractivity contribution in [1.82, 2.24) is 0 Å². The number of hydrogen-bond acceptors (Lipinski definition) is 4. The zero-order chi connectivity index (χ0) is 18.6. The fourth-order valence-corrected chi connectivity index (χ4v) is 4.45. The molecule has 2 heterocycles. The van der Waals surface area contributed by atoms with Crippen molar-refractivity contribution in [3.05, 3.63) is 45.8 Å². The lowest BCUT2D eigenvalue weighted by molar-refractivity contribution is -0.184. The van der Waals surface area contributed by atoms with E-state index in [0.717, 1.165) is 21.6 Å². The van der Waals surface area contributed by atoms with Crippen LogP contribution in [0.5, 0.6) is 0 Å². The van der Waals surface area contributed by atoms with E-state index < -0.39 is 17.1 Å². The summed E-state index contributed by atoms with van der Waals surface area (Å²) in [7, 11) is 0. The first-order chi connectivity index (χ1) is 11.5. The highest BCUT2D eigenvalue weighted by atomic mass is 35.5. The van der Waals surface area contributed by atoms with Crippen molar-refractivity contribution in [3.63, 3.8) is 0 Å². The van der Waals surface area contributed by atoms with E-state index in [-0.39, 0.29) is 11.6 Å². The average molecular weight is 377 g/mol. The minimum absolute atomic E-state index is 0.193. The van der Waals surface area contributed by atoms with Crippen LogP contribution in [-0.4, -0.2) is 22.8 Å². The maximum Gasteiger partial charge on any atom is 0.179 e. The van der Waals surface area contributed by atoms with E-state index in [1.165, 1.54) is 11.3 Å². The predicted molar refractivity (Wildman–Crippen MR) is 102 cm³/mol. The zero-order valence-electron chi connectivity index (χ0n) is 15.0. The number of benzene rings is 1. The Kier molecular flexibility index (Phi) is 4.43. The van der Waals surface area contributed by atoms with E-state index in [0.29, 0.717) is 4.34 Å². The molecule has 2 aromatic rings. The summed E-state index contributed by atoms with van der Waals surface area (Å²) in [6.07, 6.45) is 0. The lowest BCUT2D eigenvalue weighted by Crippen LogP contribution is -2.58. The topological polar surface area (TPSA) is 43.4 Å². The molecule has 1 aromatic carbocycles. The number of carbonyl (C=O) groups excluding carboxylic acids is 2. The molecule has 0 aliphatic carbocycles. The van der Waals surface area contributed by atoms with Gasteiger partial charge in [-0.15, -0.1) is 11.3 Å². The van der Waals surface area contributed by atoms with Crippen LogP contribution in [0.15, 0.2) is 30.3 Å². The number of thiophene rings is 1. The Morgan fingerprint density at radius 3 is 2.12 bits per heavy atom. The van der Waals surface area contributed by atoms with E-state index in [2.05, 4.69) is 0 Å². The SMILES string of the molecule is Cc1ccc(-c2ccc(Cl)s2)cc1C1C(=O)C(C)(C)OC(C)(C)C1=O. The molecule has 0 amide bonds. The highest BCUT2D eigenvalue weighted by Crippen LogP contribution is 2.41. The number of halogens is 1. The predicted octanol–water partition coefficient (Wildman–Crippen LogP) is 5.19. The quantitative estimate of drug-likeness (QED) is 0.677. The van der Waals surface area contributed by atoms with Crippen LogP contribution in [0.2, 0.25) is 4.34 Å². The minimum Gasteiger partial charge on any atom is -0.354 e. The van der Waals surface area contributed by atoms with E-state index in [1.807, 2.05) is 37.3 Å². The molecule has 1 aliphatic rings. The van der Waals surface area contributed by atoms with Gasteiger partial charge in [-0.05, 0) is 69.5 Å². The summed E-state index contributed by atoms with van der Waals surface area (Å²) in [5.41, 5.74) is 0.626. The Bertz CT molecular complexity index is 838. The third kappa shape index (κ3) is 3.19. The van der Waals surface area contributed by atoms with E-state index in [4.69, 9.17) is 16.3 Å². The molecule has 1 aromatic heterocycles. The fraction of sp³-hybridized carbons (Fsp3) is 0.400. The van der Waals surface area contributed by atoms with Crippen LogP contribution in [0.1, 0.15) is 44.7 Å². The van der Waals surface area contributed by atoms with Gasteiger partial charge in [0.15, 0.2) is 11.6 Å². The van der Waals surface area contributed by atoms with Gasteiger partial charge < -0.3 is 4.74 Å². The van der Waals surface area contributed by atoms with Crippen molar-refractivity contribution in [2.75, 3.05) is 0 Å². The van der Waals surface area contributed by atoms with Gasteiger partial charge >= 0.3 is 0 Å². The van der Waals surface area contributed by atoms with Gasteiger partial charge in [-0.25, -0.2) is 0 Å². The van der Waals surface area contributed by atoms with Crippen molar-refractivity contribution in [1.29, 1.82) is 0 Å². The normalized spacial score (nSPS) is 20.1. The summed E-state index contributed by atoms with van der Waals surface area (Å²) >= 11 is 7.52. The van der Waals surface area contributed by atoms with Crippen molar-refractivity contribution in [2.45, 2.75) is 51.7 Å². The molecule has 1 saturated heterocycles. The van der Waals surface area contributed by atoms with Crippen molar-refractivity contribution >= 4 is 34.5 Å². The molecule has 5 heteroatoms. The number of hydrogen-bond donors (Lipinski definition) is 0. The third-order valence-electron chi connectivity index (χ3n) is 4.67. The second kappa shape index (κ2) is 6.04. The molecule has 1 fully saturated rings. The molecule has 3 rings (SSSR count). The Hall–Kier alpha value is -1.49. The number of carbonyl (C=O) groups is 2. The standard InChI is InChI=1S/C20H21ClO3S/c1-11-6-7-12(14-8-9-15(21)25-14)10-13(11)16-17(22)19(2,3)24-20(4,5)18(16)23/h6-10,16H,1-5H3. The average Bonchev–Trinajstić information content (AvgIpc) is 2.93. The van der Waals surface area contributed by atoms with Gasteiger partial charge in [0.05, 0.1) is 4.34 Å². The molecule has 0 unspecified atom stereocenters. The number of Topliss-reactive ketones (excluding diaryl/α,β-unsaturated/α-hetero) is 2. The second-order valence-corrected chi connectivity index (χ2v) is 9.17. The molecule has 132 valence electrons. The number of aryl methyl sites for hydroxylation is 1. The first kappa shape index (κ1) is 18.3. The van der Waals surface area contributed by atoms with Crippen LogP contribution in [0.4, 0.5) is 0 Å². The van der Waals surface area contributed by atoms with Crippen molar-refractivity contribution in [3.8, 4) is 10.4 Å². The van der Waals surface area contributed by atoms with Crippen molar-refractivity contribution in [2.24, 2.45) is 0 Å². The summed E-state index contributed by atoms with van der Waals surface area (Å²) < 4.78 is 6.49. The minimum atomic E-state index is -1.00. The Morgan fingerprint density at radius 1 is 1.00 bits per heavy atom. The maximum absolute atomic E-state index is 13.0. The van der Waals surface area contributed by atoms with Crippen LogP contribution in [-0.2, 0) is 14.3 Å². The van der Waals surface area contributed by atoms with Gasteiger partial charge in [0.1, 0.15) is 17.1 Å². The lowest BCUT2D eigenvalue weighted by Gasteiger charge is -2.43. The molecular formula is C20H21ClO3S. The Labute approximate surface area is 157 Å². The summed E-state index contributed by atoms with van der Waals surface area (Å²) in [5, 5.41) is 0. The molecule has 0 N–H and O–H groups in total. The molecule has 0 spiro atoms. The highest BCUT2D eigenvalue weighted by molar-refractivity contribution is 7.19. The monoisotopic (exact) mass is 376 g/mol. The molecule has 0 bridgehead atoms. The molecule has 0 saturated carbocycles. The highest BCUT2D eigenvalue weighted by Gasteiger charge is 2.53. The Morgan fingerprint density at radius 2 is 1.60 bits per heavy atom. The van der Waals surface area contributed by atoms with E-state index in [1.54, 1.807) is 27.7 Å². The smallest absolute Gasteiger partial charge is 0.179 e. The van der Waals surface area contributed by atoms with Gasteiger partial charge in [0.2, 0.25) is 0 Å². The van der Waals surface area contributed by atoms with Gasteiger partial charge in [-0.2, -0.15) is 0 Å². The summed E-state index contributed by atoms with van der Waals surface area (Å²) in [5.74, 6) is -1.20. The molecule has 3 nitrogen and oxygen atoms in total.